The number of nitrogens with two attached hydrogens (primary N) is 2. The number of rotatable bonds is 7. The van der Waals surface area contributed by atoms with E-state index in [2.05, 4.69) is 24.3 Å². The first-order valence-corrected chi connectivity index (χ1v) is 13.1. The molecule has 6 aromatic carbocycles. The van der Waals surface area contributed by atoms with Gasteiger partial charge in [0.25, 0.3) is 0 Å². The minimum Gasteiger partial charge on any atom is -0.455 e. The zero-order chi connectivity index (χ0) is 27.3. The van der Waals surface area contributed by atoms with Crippen molar-refractivity contribution in [3.05, 3.63) is 146 Å². The predicted octanol–water partition coefficient (Wildman–Crippen LogP) is 9.44. The maximum Gasteiger partial charge on any atom is 0.150 e. The van der Waals surface area contributed by atoms with Crippen molar-refractivity contribution in [1.29, 1.82) is 0 Å². The van der Waals surface area contributed by atoms with Gasteiger partial charge in [-0.3, -0.25) is 0 Å². The predicted molar refractivity (Wildman–Crippen MR) is 165 cm³/mol. The second-order valence-corrected chi connectivity index (χ2v) is 9.49. The number of nitrogen functional groups attached to an aromatic ring is 2. The molecule has 4 nitrogen and oxygen atoms in total. The number of ether oxygens (including phenoxy) is 2. The average Bonchev–Trinajstić information content (AvgIpc) is 3.01. The van der Waals surface area contributed by atoms with Crippen LogP contribution in [-0.2, 0) is 0 Å². The van der Waals surface area contributed by atoms with Crippen molar-refractivity contribution in [3.63, 3.8) is 0 Å². The molecule has 0 unspecified atom stereocenters. The number of hydrogen-bond acceptors (Lipinski definition) is 4. The smallest absolute Gasteiger partial charge is 0.150 e. The quantitative estimate of drug-likeness (QED) is 0.206. The topological polar surface area (TPSA) is 70.5 Å². The molecule has 0 aliphatic rings. The Hall–Kier alpha value is -5.48. The van der Waals surface area contributed by atoms with Crippen LogP contribution in [0.2, 0.25) is 0 Å². The van der Waals surface area contributed by atoms with E-state index in [-0.39, 0.29) is 0 Å². The SMILES string of the molecule is Nc1ccc(-c2ccc(N)c(Oc3ccc(-c4ccccc4)cc3)c2)cc1Oc1ccc(-c2ccccc2)cc1. The average molecular weight is 521 g/mol. The summed E-state index contributed by atoms with van der Waals surface area (Å²) in [5.41, 5.74) is 20.1. The van der Waals surface area contributed by atoms with Crippen LogP contribution in [0.25, 0.3) is 33.4 Å². The first-order valence-electron chi connectivity index (χ1n) is 13.1. The van der Waals surface area contributed by atoms with Gasteiger partial charge in [0.05, 0.1) is 11.4 Å². The van der Waals surface area contributed by atoms with Crippen molar-refractivity contribution in [2.45, 2.75) is 0 Å². The molecule has 194 valence electrons. The van der Waals surface area contributed by atoms with Gasteiger partial charge in [0, 0.05) is 0 Å². The second kappa shape index (κ2) is 11.1. The van der Waals surface area contributed by atoms with Crippen LogP contribution in [-0.4, -0.2) is 0 Å². The lowest BCUT2D eigenvalue weighted by molar-refractivity contribution is 0.484. The Balaban J connectivity index is 1.21. The first-order chi connectivity index (χ1) is 19.6. The highest BCUT2D eigenvalue weighted by molar-refractivity contribution is 5.74. The lowest BCUT2D eigenvalue weighted by atomic mass is 10.0. The fourth-order valence-electron chi connectivity index (χ4n) is 4.55. The highest BCUT2D eigenvalue weighted by Crippen LogP contribution is 2.37. The third kappa shape index (κ3) is 5.52. The third-order valence-electron chi connectivity index (χ3n) is 6.74. The molecule has 6 aromatic rings. The minimum atomic E-state index is 0.557. The number of anilines is 2. The van der Waals surface area contributed by atoms with Crippen molar-refractivity contribution in [2.24, 2.45) is 0 Å². The van der Waals surface area contributed by atoms with Crippen molar-refractivity contribution < 1.29 is 9.47 Å². The molecular weight excluding hydrogens is 492 g/mol. The molecule has 0 saturated carbocycles. The minimum absolute atomic E-state index is 0.557. The van der Waals surface area contributed by atoms with Crippen LogP contribution in [0.3, 0.4) is 0 Å². The van der Waals surface area contributed by atoms with E-state index in [9.17, 15) is 0 Å². The normalized spacial score (nSPS) is 10.7. The van der Waals surface area contributed by atoms with Gasteiger partial charge in [-0.25, -0.2) is 0 Å². The van der Waals surface area contributed by atoms with Gasteiger partial charge in [-0.2, -0.15) is 0 Å². The molecular formula is C36H28N2O2. The summed E-state index contributed by atoms with van der Waals surface area (Å²) in [6.45, 7) is 0. The Morgan fingerprint density at radius 1 is 0.325 bits per heavy atom. The van der Waals surface area contributed by atoms with E-state index in [1.165, 1.54) is 0 Å². The van der Waals surface area contributed by atoms with Crippen molar-refractivity contribution in [1.82, 2.24) is 0 Å². The van der Waals surface area contributed by atoms with Crippen LogP contribution >= 0.6 is 0 Å². The highest BCUT2D eigenvalue weighted by atomic mass is 16.5. The largest absolute Gasteiger partial charge is 0.455 e. The first kappa shape index (κ1) is 24.8. The second-order valence-electron chi connectivity index (χ2n) is 9.49. The Morgan fingerprint density at radius 2 is 0.650 bits per heavy atom. The van der Waals surface area contributed by atoms with Gasteiger partial charge in [0.1, 0.15) is 11.5 Å². The molecule has 0 aliphatic carbocycles. The molecule has 0 radical (unpaired) electrons. The molecule has 0 aromatic heterocycles. The zero-order valence-corrected chi connectivity index (χ0v) is 21.8. The maximum atomic E-state index is 6.28. The van der Waals surface area contributed by atoms with Crippen LogP contribution in [0.1, 0.15) is 0 Å². The van der Waals surface area contributed by atoms with Crippen LogP contribution in [0.4, 0.5) is 11.4 Å². The molecule has 4 heteroatoms. The van der Waals surface area contributed by atoms with E-state index in [0.717, 1.165) is 33.4 Å². The van der Waals surface area contributed by atoms with Crippen LogP contribution < -0.4 is 20.9 Å². The Kier molecular flexibility index (Phi) is 6.89. The van der Waals surface area contributed by atoms with E-state index in [0.29, 0.717) is 34.4 Å². The Morgan fingerprint density at radius 3 is 1.02 bits per heavy atom. The van der Waals surface area contributed by atoms with Crippen molar-refractivity contribution in [3.8, 4) is 56.4 Å². The molecule has 0 heterocycles. The van der Waals surface area contributed by atoms with E-state index >= 15 is 0 Å². The Bertz CT molecular complexity index is 1600. The summed E-state index contributed by atoms with van der Waals surface area (Å²) in [6.07, 6.45) is 0. The molecule has 0 amide bonds. The molecule has 0 aliphatic heterocycles. The molecule has 40 heavy (non-hydrogen) atoms. The summed E-state index contributed by atoms with van der Waals surface area (Å²) in [5.74, 6) is 2.59. The molecule has 0 bridgehead atoms. The van der Waals surface area contributed by atoms with Gasteiger partial charge in [0.2, 0.25) is 0 Å². The fraction of sp³-hybridized carbons (Fsp3) is 0. The molecule has 0 atom stereocenters. The van der Waals surface area contributed by atoms with Crippen molar-refractivity contribution >= 4 is 11.4 Å². The zero-order valence-electron chi connectivity index (χ0n) is 21.8. The van der Waals surface area contributed by atoms with Gasteiger partial charge in [-0.1, -0.05) is 97.1 Å². The van der Waals surface area contributed by atoms with Crippen LogP contribution in [0, 0.1) is 0 Å². The molecule has 0 spiro atoms. The Labute approximate surface area is 234 Å². The number of benzene rings is 6. The molecule has 6 rings (SSSR count). The van der Waals surface area contributed by atoms with Crippen LogP contribution in [0.5, 0.6) is 23.0 Å². The molecule has 0 fully saturated rings. The monoisotopic (exact) mass is 520 g/mol. The van der Waals surface area contributed by atoms with E-state index < -0.39 is 0 Å². The van der Waals surface area contributed by atoms with E-state index in [4.69, 9.17) is 20.9 Å². The summed E-state index contributed by atoms with van der Waals surface area (Å²) >= 11 is 0. The lowest BCUT2D eigenvalue weighted by Gasteiger charge is -2.14. The standard InChI is InChI=1S/C36H28N2O2/c37-33-21-15-29(23-35(33)39-31-17-11-27(12-18-31)25-7-3-1-4-8-25)30-16-22-34(38)36(24-30)40-32-19-13-28(14-20-32)26-9-5-2-6-10-26/h1-24H,37-38H2. The fourth-order valence-corrected chi connectivity index (χ4v) is 4.55. The van der Waals surface area contributed by atoms with E-state index in [1.807, 2.05) is 121 Å². The lowest BCUT2D eigenvalue weighted by Crippen LogP contribution is -1.95. The third-order valence-corrected chi connectivity index (χ3v) is 6.74. The molecule has 4 N–H and O–H groups in total. The van der Waals surface area contributed by atoms with Gasteiger partial charge in [-0.05, 0) is 81.9 Å². The summed E-state index contributed by atoms with van der Waals surface area (Å²) in [7, 11) is 0. The van der Waals surface area contributed by atoms with Gasteiger partial charge in [0.15, 0.2) is 11.5 Å². The summed E-state index contributed by atoms with van der Waals surface area (Å²) in [4.78, 5) is 0. The van der Waals surface area contributed by atoms with Gasteiger partial charge < -0.3 is 20.9 Å². The van der Waals surface area contributed by atoms with Gasteiger partial charge >= 0.3 is 0 Å². The maximum absolute atomic E-state index is 6.28. The summed E-state index contributed by atoms with van der Waals surface area (Å²) in [5, 5.41) is 0. The summed E-state index contributed by atoms with van der Waals surface area (Å²) < 4.78 is 12.4. The summed E-state index contributed by atoms with van der Waals surface area (Å²) in [6, 6.07) is 47.9. The highest BCUT2D eigenvalue weighted by Gasteiger charge is 2.10. The van der Waals surface area contributed by atoms with Crippen molar-refractivity contribution in [2.75, 3.05) is 11.5 Å². The van der Waals surface area contributed by atoms with Gasteiger partial charge in [-0.15, -0.1) is 0 Å². The number of hydrogen-bond donors (Lipinski definition) is 2. The van der Waals surface area contributed by atoms with Crippen LogP contribution in [0.15, 0.2) is 146 Å². The van der Waals surface area contributed by atoms with E-state index in [1.54, 1.807) is 0 Å². The molecule has 0 saturated heterocycles.